The van der Waals surface area contributed by atoms with E-state index < -0.39 is 5.97 Å². The molecule has 31 heavy (non-hydrogen) atoms. The van der Waals surface area contributed by atoms with E-state index in [9.17, 15) is 4.79 Å². The Kier molecular flexibility index (Phi) is 7.69. The third-order valence-corrected chi connectivity index (χ3v) is 6.55. The monoisotopic (exact) mass is 439 g/mol. The third kappa shape index (κ3) is 6.07. The van der Waals surface area contributed by atoms with Gasteiger partial charge in [-0.1, -0.05) is 24.8 Å². The van der Waals surface area contributed by atoms with Gasteiger partial charge in [0.2, 0.25) is 0 Å². The first kappa shape index (κ1) is 22.8. The molecule has 0 aliphatic heterocycles. The average molecular weight is 440 g/mol. The molecule has 3 rings (SSSR count). The van der Waals surface area contributed by atoms with E-state index in [0.717, 1.165) is 52.6 Å². The van der Waals surface area contributed by atoms with Gasteiger partial charge in [-0.2, -0.15) is 0 Å². The van der Waals surface area contributed by atoms with Gasteiger partial charge in [0, 0.05) is 16.9 Å². The number of aliphatic carboxylic acids is 1. The number of rotatable bonds is 10. The van der Waals surface area contributed by atoms with Crippen molar-refractivity contribution in [3.63, 3.8) is 0 Å². The maximum atomic E-state index is 11.0. The average Bonchev–Trinajstić information content (AvgIpc) is 3.30. The van der Waals surface area contributed by atoms with Crippen LogP contribution >= 0.6 is 11.3 Å². The Labute approximate surface area is 187 Å². The minimum absolute atomic E-state index is 0.119. The summed E-state index contributed by atoms with van der Waals surface area (Å²) in [5, 5.41) is 9.98. The highest BCUT2D eigenvalue weighted by atomic mass is 32.1. The number of aryl methyl sites for hydroxylation is 2. The van der Waals surface area contributed by atoms with Crippen LogP contribution in [0.4, 0.5) is 0 Å². The summed E-state index contributed by atoms with van der Waals surface area (Å²) in [6.07, 6.45) is 8.46. The van der Waals surface area contributed by atoms with Gasteiger partial charge in [-0.25, -0.2) is 4.98 Å². The SMILES string of the molecule is C=C(C=CC=C(C)OC)c1nc(CCOc2ccc3c(c2)CCC3CC(=O)O)c(C)s1. The molecule has 0 saturated carbocycles. The molecule has 1 N–H and O–H groups in total. The lowest BCUT2D eigenvalue weighted by Crippen LogP contribution is -2.04. The van der Waals surface area contributed by atoms with Crippen LogP contribution in [0.3, 0.4) is 0 Å². The number of carbonyl (C=O) groups is 1. The second-order valence-electron chi connectivity index (χ2n) is 7.68. The van der Waals surface area contributed by atoms with Gasteiger partial charge >= 0.3 is 5.97 Å². The third-order valence-electron chi connectivity index (χ3n) is 5.46. The summed E-state index contributed by atoms with van der Waals surface area (Å²) >= 11 is 1.64. The van der Waals surface area contributed by atoms with Crippen molar-refractivity contribution in [2.24, 2.45) is 0 Å². The second-order valence-corrected chi connectivity index (χ2v) is 8.88. The zero-order chi connectivity index (χ0) is 22.4. The highest BCUT2D eigenvalue weighted by molar-refractivity contribution is 7.12. The summed E-state index contributed by atoms with van der Waals surface area (Å²) < 4.78 is 11.1. The highest BCUT2D eigenvalue weighted by Crippen LogP contribution is 2.37. The van der Waals surface area contributed by atoms with Crippen molar-refractivity contribution in [3.8, 4) is 5.75 Å². The molecule has 0 amide bonds. The van der Waals surface area contributed by atoms with Crippen LogP contribution in [0, 0.1) is 6.92 Å². The standard InChI is InChI=1S/C25H29NO4S/c1-16(6-5-7-17(2)29-4)25-26-23(18(3)31-25)12-13-30-21-10-11-22-19(14-21)8-9-20(22)15-24(27)28/h5-7,10-11,14,20H,1,8-9,12-13,15H2,2-4H3,(H,27,28). The van der Waals surface area contributed by atoms with Gasteiger partial charge in [0.25, 0.3) is 0 Å². The van der Waals surface area contributed by atoms with Crippen molar-refractivity contribution in [1.82, 2.24) is 4.98 Å². The molecule has 0 radical (unpaired) electrons. The molecule has 1 atom stereocenters. The molecule has 0 spiro atoms. The van der Waals surface area contributed by atoms with Crippen LogP contribution in [0.25, 0.3) is 5.57 Å². The molecule has 0 saturated heterocycles. The van der Waals surface area contributed by atoms with E-state index in [2.05, 4.69) is 19.6 Å². The number of thiazole rings is 1. The molecule has 2 aromatic rings. The van der Waals surface area contributed by atoms with E-state index >= 15 is 0 Å². The van der Waals surface area contributed by atoms with Crippen LogP contribution < -0.4 is 4.74 Å². The molecule has 0 fully saturated rings. The molecule has 5 nitrogen and oxygen atoms in total. The second kappa shape index (κ2) is 10.4. The van der Waals surface area contributed by atoms with Crippen LogP contribution in [0.1, 0.15) is 52.4 Å². The summed E-state index contributed by atoms with van der Waals surface area (Å²) in [7, 11) is 1.64. The van der Waals surface area contributed by atoms with Crippen LogP contribution in [-0.4, -0.2) is 29.8 Å². The molecule has 0 bridgehead atoms. The van der Waals surface area contributed by atoms with E-state index in [1.165, 1.54) is 10.4 Å². The van der Waals surface area contributed by atoms with E-state index in [0.29, 0.717) is 6.61 Å². The Morgan fingerprint density at radius 1 is 1.42 bits per heavy atom. The topological polar surface area (TPSA) is 68.7 Å². The predicted octanol–water partition coefficient (Wildman–Crippen LogP) is 5.70. The number of fused-ring (bicyclic) bond motifs is 1. The number of hydrogen-bond acceptors (Lipinski definition) is 5. The fourth-order valence-corrected chi connectivity index (χ4v) is 4.61. The molecule has 1 unspecified atom stereocenters. The number of methoxy groups -OCH3 is 1. The molecular formula is C25H29NO4S. The number of nitrogens with zero attached hydrogens (tertiary/aromatic N) is 1. The first-order valence-corrected chi connectivity index (χ1v) is 11.2. The lowest BCUT2D eigenvalue weighted by atomic mass is 9.98. The van der Waals surface area contributed by atoms with Gasteiger partial charge in [-0.3, -0.25) is 4.79 Å². The summed E-state index contributed by atoms with van der Waals surface area (Å²) in [4.78, 5) is 16.9. The van der Waals surface area contributed by atoms with E-state index in [1.54, 1.807) is 18.4 Å². The van der Waals surface area contributed by atoms with Gasteiger partial charge in [0.1, 0.15) is 10.8 Å². The van der Waals surface area contributed by atoms with Crippen LogP contribution in [-0.2, 0) is 22.4 Å². The van der Waals surface area contributed by atoms with Crippen LogP contribution in [0.5, 0.6) is 5.75 Å². The fraction of sp³-hybridized carbons (Fsp3) is 0.360. The van der Waals surface area contributed by atoms with E-state index in [1.807, 2.05) is 37.3 Å². The van der Waals surface area contributed by atoms with Crippen molar-refractivity contribution in [2.75, 3.05) is 13.7 Å². The highest BCUT2D eigenvalue weighted by Gasteiger charge is 2.24. The molecule has 6 heteroatoms. The van der Waals surface area contributed by atoms with E-state index in [-0.39, 0.29) is 12.3 Å². The molecule has 1 aromatic heterocycles. The first-order chi connectivity index (χ1) is 14.9. The minimum Gasteiger partial charge on any atom is -0.501 e. The maximum absolute atomic E-state index is 11.0. The molecular weight excluding hydrogens is 410 g/mol. The number of benzene rings is 1. The maximum Gasteiger partial charge on any atom is 0.303 e. The number of carboxylic acid groups (broad SMARTS) is 1. The van der Waals surface area contributed by atoms with Gasteiger partial charge in [-0.05, 0) is 61.9 Å². The zero-order valence-electron chi connectivity index (χ0n) is 18.3. The van der Waals surface area contributed by atoms with Gasteiger partial charge in [0.05, 0.1) is 31.6 Å². The minimum atomic E-state index is -0.740. The van der Waals surface area contributed by atoms with Crippen molar-refractivity contribution in [3.05, 3.63) is 75.5 Å². The first-order valence-electron chi connectivity index (χ1n) is 10.4. The molecule has 1 aliphatic rings. The van der Waals surface area contributed by atoms with E-state index in [4.69, 9.17) is 19.6 Å². The van der Waals surface area contributed by atoms with Crippen LogP contribution in [0.15, 0.2) is 48.8 Å². The summed E-state index contributed by atoms with van der Waals surface area (Å²) in [6.45, 7) is 8.62. The predicted molar refractivity (Wildman–Crippen MR) is 125 cm³/mol. The smallest absolute Gasteiger partial charge is 0.303 e. The van der Waals surface area contributed by atoms with Crippen molar-refractivity contribution in [1.29, 1.82) is 0 Å². The zero-order valence-corrected chi connectivity index (χ0v) is 19.1. The van der Waals surface area contributed by atoms with Gasteiger partial charge < -0.3 is 14.6 Å². The quantitative estimate of drug-likeness (QED) is 0.380. The molecule has 1 aromatic carbocycles. The summed E-state index contributed by atoms with van der Waals surface area (Å²) in [5.74, 6) is 1.04. The largest absolute Gasteiger partial charge is 0.501 e. The number of ether oxygens (including phenoxy) is 2. The fourth-order valence-electron chi connectivity index (χ4n) is 3.70. The number of aromatic nitrogens is 1. The number of carboxylic acids is 1. The summed E-state index contributed by atoms with van der Waals surface area (Å²) in [5.41, 5.74) is 4.25. The van der Waals surface area contributed by atoms with Crippen molar-refractivity contribution >= 4 is 22.9 Å². The van der Waals surface area contributed by atoms with Gasteiger partial charge in [-0.15, -0.1) is 11.3 Å². The van der Waals surface area contributed by atoms with Gasteiger partial charge in [0.15, 0.2) is 0 Å². The van der Waals surface area contributed by atoms with Crippen molar-refractivity contribution in [2.45, 2.75) is 45.4 Å². The Morgan fingerprint density at radius 2 is 2.23 bits per heavy atom. The number of hydrogen-bond donors (Lipinski definition) is 1. The Hall–Kier alpha value is -2.86. The Morgan fingerprint density at radius 3 is 2.97 bits per heavy atom. The lowest BCUT2D eigenvalue weighted by Gasteiger charge is -2.10. The Balaban J connectivity index is 1.56. The molecule has 1 aliphatic carbocycles. The van der Waals surface area contributed by atoms with Crippen molar-refractivity contribution < 1.29 is 19.4 Å². The summed E-state index contributed by atoms with van der Waals surface area (Å²) in [6, 6.07) is 6.02. The molecule has 164 valence electrons. The lowest BCUT2D eigenvalue weighted by molar-refractivity contribution is -0.137. The normalized spacial score (nSPS) is 15.8. The Bertz CT molecular complexity index is 1020. The van der Waals surface area contributed by atoms with Crippen LogP contribution in [0.2, 0.25) is 0 Å². The molecule has 1 heterocycles. The number of allylic oxidation sites excluding steroid dienone is 5.